The molecule has 842 valence electrons. The summed E-state index contributed by atoms with van der Waals surface area (Å²) in [5, 5.41) is 41.4. The van der Waals surface area contributed by atoms with Crippen molar-refractivity contribution in [3.8, 4) is 0 Å². The van der Waals surface area contributed by atoms with Crippen molar-refractivity contribution in [3.05, 3.63) is 59.7 Å². The summed E-state index contributed by atoms with van der Waals surface area (Å²) < 4.78 is 92.9. The third kappa shape index (κ3) is 87.8. The number of allylic oxidation sites excluding steroid dienone is 1. The maximum absolute atomic E-state index is 11.8. The number of aliphatic hydroxyl groups is 1. The summed E-state index contributed by atoms with van der Waals surface area (Å²) in [6.07, 6.45) is 10.8. The van der Waals surface area contributed by atoms with Gasteiger partial charge in [0.05, 0.1) is 107 Å². The lowest BCUT2D eigenvalue weighted by Gasteiger charge is -2.30. The Hall–Kier alpha value is -6.89. The second-order valence-electron chi connectivity index (χ2n) is 40.4. The standard InChI is InChI=1S/C16H29NO4.C15H21NO4.C13H28N2O4S.C13H28NO6P.C13H23NO2.2C8H18N2O.C8H17O6P.C4H11O3P/c1-6-16(4,5)15(20)17-10-8-7-9-13(18)11-21-14(19)12(2)3;1-3-11(2)13-6-4-12(5-7-13)8-16(9-14(17)18)10-15(19)20;1-5-12(2)13(16)14-8-6-9-15(3,4)10-7-11-20(17,18)19;1-7-13(2,3)12(15)18-10-11-20-21(16,17)19-9-8-14(4,5)6;1-6-13(4,5)12(16)14-9-7-8-11(15)10(2)3;2*1-4-8(2,3)7(11)10-6-5-9;1-4-8(2,3)7(9)13-5-6-14-15(10,11)12;1-3-4(2)8(5,6)7/h13,18H,2,6-11H2,1,3-5H3,(H,17,20);4-7,11H,3,8-10H2,1-2H3,(H,17,18)(H,19,20);12H,5-11H2,1-4H3,(H-,14,16,17,18,19);7-11H2,1-6H3;2,6-9H2,1,3-5H3,(H,14,16);2*4-6,9H2,1-3H3,(H,10,11);4-6H2,1-3H3,(H2,10,11,12);4H,3H2,1-2H3,(H2,5,6,7). The van der Waals surface area contributed by atoms with Crippen LogP contribution in [0.15, 0.2) is 48.6 Å². The van der Waals surface area contributed by atoms with Crippen LogP contribution in [0.25, 0.3) is 0 Å². The predicted molar refractivity (Wildman–Crippen MR) is 557 cm³/mol. The van der Waals surface area contributed by atoms with Crippen LogP contribution in [-0.4, -0.2) is 298 Å². The van der Waals surface area contributed by atoms with E-state index in [2.05, 4.69) is 62.6 Å². The molecule has 41 nitrogen and oxygen atoms in total. The van der Waals surface area contributed by atoms with E-state index in [9.17, 15) is 89.4 Å². The maximum Gasteiger partial charge on any atom is 0.469 e. The van der Waals surface area contributed by atoms with Gasteiger partial charge < -0.3 is 115 Å². The van der Waals surface area contributed by atoms with E-state index in [4.69, 9.17) is 60.0 Å². The Morgan fingerprint density at radius 2 is 0.874 bits per heavy atom. The summed E-state index contributed by atoms with van der Waals surface area (Å²) in [5.74, 6) is -2.65. The first-order valence-corrected chi connectivity index (χ1v) is 55.4. The molecule has 0 aromatic heterocycles. The minimum atomic E-state index is -4.46. The summed E-state index contributed by atoms with van der Waals surface area (Å²) in [4.78, 5) is 171. The number of quaternary nitrogens is 2. The molecule has 0 aliphatic rings. The highest BCUT2D eigenvalue weighted by molar-refractivity contribution is 7.85. The van der Waals surface area contributed by atoms with Crippen LogP contribution in [0.4, 0.5) is 0 Å². The number of unbranched alkanes of at least 4 members (excludes halogenated alkanes) is 1. The first kappa shape index (κ1) is 151. The van der Waals surface area contributed by atoms with Gasteiger partial charge in [0.1, 0.15) is 33.0 Å². The van der Waals surface area contributed by atoms with E-state index in [1.54, 1.807) is 55.4 Å². The second kappa shape index (κ2) is 78.4. The molecule has 5 atom stereocenters. The number of carbonyl (C=O) groups excluding carboxylic acids is 9. The topological polar surface area (TPSA) is 632 Å². The van der Waals surface area contributed by atoms with Crippen molar-refractivity contribution in [3.63, 3.8) is 0 Å². The van der Waals surface area contributed by atoms with Crippen LogP contribution in [0, 0.1) is 38.4 Å². The monoisotopic (exact) mass is 2130 g/mol. The number of benzene rings is 1. The van der Waals surface area contributed by atoms with Gasteiger partial charge in [0.25, 0.3) is 7.82 Å². The molecule has 16 N–H and O–H groups in total. The second-order valence-corrected chi connectivity index (χ2v) is 46.6. The molecule has 0 spiro atoms. The first-order valence-electron chi connectivity index (χ1n) is 49.2. The lowest BCUT2D eigenvalue weighted by atomic mass is 9.89. The molecule has 0 fully saturated rings. The Labute approximate surface area is 857 Å². The number of nitrogens with zero attached hydrogens (tertiary/aromatic N) is 3. The zero-order chi connectivity index (χ0) is 114. The third-order valence-corrected chi connectivity index (χ3v) is 27.0. The van der Waals surface area contributed by atoms with Crippen molar-refractivity contribution in [2.45, 2.75) is 307 Å². The number of rotatable bonds is 61. The molecular formula is C98H193N10O31P3S. The van der Waals surface area contributed by atoms with Gasteiger partial charge in [0.2, 0.25) is 29.5 Å². The van der Waals surface area contributed by atoms with E-state index in [1.807, 2.05) is 170 Å². The lowest BCUT2D eigenvalue weighted by molar-refractivity contribution is -0.890. The molecule has 5 unspecified atom stereocenters. The molecule has 0 saturated heterocycles. The van der Waals surface area contributed by atoms with Crippen molar-refractivity contribution >= 4 is 98.5 Å². The molecule has 45 heteroatoms. The third-order valence-electron chi connectivity index (χ3n) is 23.1. The molecule has 5 amide bonds. The number of esters is 3. The van der Waals surface area contributed by atoms with Crippen LogP contribution in [0.1, 0.15) is 300 Å². The lowest BCUT2D eigenvalue weighted by Crippen LogP contribution is -2.43. The number of carbonyl (C=O) groups is 11. The van der Waals surface area contributed by atoms with Crippen molar-refractivity contribution in [2.24, 2.45) is 49.9 Å². The average Bonchev–Trinajstić information content (AvgIpc) is 0.870. The quantitative estimate of drug-likeness (QED) is 0.00548. The number of aliphatic carboxylic acids is 2. The molecular weight excluding hydrogens is 1940 g/mol. The number of nitrogens with one attached hydrogen (secondary N) is 5. The van der Waals surface area contributed by atoms with Crippen LogP contribution in [0.5, 0.6) is 0 Å². The minimum absolute atomic E-state index is 0.0130. The summed E-state index contributed by atoms with van der Waals surface area (Å²) in [5.41, 5.74) is 10.7. The Morgan fingerprint density at radius 1 is 0.497 bits per heavy atom. The highest BCUT2D eigenvalue weighted by atomic mass is 32.2. The smallest absolute Gasteiger partial charge is 0.469 e. The van der Waals surface area contributed by atoms with Crippen LogP contribution in [0.2, 0.25) is 0 Å². The number of nitrogens with two attached hydrogens (primary N) is 2. The number of amides is 5. The number of carboxylic acids is 2. The van der Waals surface area contributed by atoms with E-state index in [1.165, 1.54) is 10.5 Å². The molecule has 1 aromatic rings. The fourth-order valence-corrected chi connectivity index (χ4v) is 11.5. The van der Waals surface area contributed by atoms with Gasteiger partial charge in [-0.15, -0.1) is 0 Å². The van der Waals surface area contributed by atoms with Crippen LogP contribution >= 0.6 is 23.2 Å². The summed E-state index contributed by atoms with van der Waals surface area (Å²) in [6, 6.07) is 7.89. The number of phosphoric acid groups is 2. The molecule has 0 bridgehead atoms. The Kier molecular flexibility index (Phi) is 82.9. The molecule has 1 aromatic carbocycles. The van der Waals surface area contributed by atoms with Gasteiger partial charge in [-0.05, 0) is 148 Å². The SMILES string of the molecule is C=C(C)C(=O)CCCNC(=O)C(C)(C)CC.C=C(C)C(=O)OCC(O)CCCCNC(=O)C(C)(C)CC.CCC(C)(C)C(=O)NCCN.CCC(C)(C)C(=O)NCCN.CCC(C)(C)C(=O)OCCOP(=O)(O)O.CCC(C)(C)C(=O)OCCOP(=O)([O-])OCC[N+](C)(C)C.CCC(C)C(=O)NCCC[N+](C)(C)CCCS(=O)(=O)[O-].CCC(C)P(=O)(O)O.CCC(C)c1ccc(CN(CC(=O)O)CC(=O)O)cc1. The number of hydrogen-bond donors (Lipinski definition) is 14. The number of ether oxygens (including phenoxy) is 3. The normalized spacial score (nSPS) is 13.0. The number of Topliss-reactive ketones (excluding diaryl/α,β-unsaturated/α-hetero) is 1. The number of hydrogen-bond acceptors (Lipinski definition) is 28. The van der Waals surface area contributed by atoms with Crippen LogP contribution in [-0.2, 0) is 111 Å². The number of aliphatic hydroxyl groups excluding tert-OH is 1. The number of ketones is 1. The van der Waals surface area contributed by atoms with E-state index in [0.717, 1.165) is 69.9 Å². The molecule has 0 radical (unpaired) electrons. The van der Waals surface area contributed by atoms with E-state index in [0.29, 0.717) is 136 Å². The maximum atomic E-state index is 11.8. The van der Waals surface area contributed by atoms with Crippen LogP contribution < -0.4 is 42.9 Å². The summed E-state index contributed by atoms with van der Waals surface area (Å²) in [7, 11) is -6.91. The van der Waals surface area contributed by atoms with Crippen molar-refractivity contribution in [1.29, 1.82) is 0 Å². The average molecular weight is 2130 g/mol. The molecule has 0 saturated carbocycles. The number of carboxylic acid groups (broad SMARTS) is 2. The molecule has 143 heavy (non-hydrogen) atoms. The molecule has 1 rings (SSSR count). The van der Waals surface area contributed by atoms with Gasteiger partial charge in [-0.2, -0.15) is 0 Å². The van der Waals surface area contributed by atoms with Crippen molar-refractivity contribution < 1.29 is 156 Å². The van der Waals surface area contributed by atoms with Gasteiger partial charge in [0.15, 0.2) is 5.78 Å². The molecule has 0 aliphatic heterocycles. The predicted octanol–water partition coefficient (Wildman–Crippen LogP) is 11.6. The zero-order valence-corrected chi connectivity index (χ0v) is 96.2. The van der Waals surface area contributed by atoms with E-state index < -0.39 is 79.8 Å². The fourth-order valence-electron chi connectivity index (χ4n) is 9.53. The van der Waals surface area contributed by atoms with Gasteiger partial charge >= 0.3 is 45.3 Å². The minimum Gasteiger partial charge on any atom is -0.756 e. The number of likely N-dealkylation sites (N-methyl/N-ethyl adjacent to an activating group) is 1. The fraction of sp³-hybridized carbons (Fsp3) is 0.786. The van der Waals surface area contributed by atoms with Gasteiger partial charge in [0, 0.05) is 111 Å². The Balaban J connectivity index is -0.000000242. The van der Waals surface area contributed by atoms with Crippen molar-refractivity contribution in [2.75, 3.05) is 159 Å². The van der Waals surface area contributed by atoms with Gasteiger partial charge in [-0.25, -0.2) is 17.8 Å². The summed E-state index contributed by atoms with van der Waals surface area (Å²) >= 11 is 0. The van der Waals surface area contributed by atoms with E-state index in [-0.39, 0.29) is 127 Å². The zero-order valence-electron chi connectivity index (χ0n) is 92.7. The highest BCUT2D eigenvalue weighted by Crippen LogP contribution is 2.42. The van der Waals surface area contributed by atoms with Gasteiger partial charge in [-0.1, -0.05) is 176 Å². The number of phosphoric ester groups is 2. The Morgan fingerprint density at radius 3 is 1.20 bits per heavy atom. The van der Waals surface area contributed by atoms with Crippen molar-refractivity contribution in [1.82, 2.24) is 31.5 Å². The Bertz CT molecular complexity index is 4030. The highest BCUT2D eigenvalue weighted by Gasteiger charge is 2.32. The van der Waals surface area contributed by atoms with Gasteiger partial charge in [-0.3, -0.25) is 66.5 Å². The first-order chi connectivity index (χ1) is 65.2. The van der Waals surface area contributed by atoms with E-state index >= 15 is 0 Å². The summed E-state index contributed by atoms with van der Waals surface area (Å²) in [6.45, 7) is 60.8. The molecule has 0 heterocycles. The van der Waals surface area contributed by atoms with Crippen LogP contribution in [0.3, 0.4) is 0 Å². The molecule has 0 aliphatic carbocycles. The largest absolute Gasteiger partial charge is 0.756 e.